The standard InChI is InChI=1S/C21H27N3O7S/c1-4-31-20(26)17-9-23(12-32-11-15(22)10-25)13(2)18(21(27)30-3)19(17)14-6-5-7-16(8-14)24(28)29/h5-9,15,19,25H,4,10-12,22H2,1-3H3. The van der Waals surface area contributed by atoms with Crippen molar-refractivity contribution >= 4 is 29.4 Å². The third-order valence-electron chi connectivity index (χ3n) is 4.84. The predicted molar refractivity (Wildman–Crippen MR) is 119 cm³/mol. The van der Waals surface area contributed by atoms with E-state index in [0.717, 1.165) is 0 Å². The molecule has 0 radical (unpaired) electrons. The number of thioether (sulfide) groups is 1. The van der Waals surface area contributed by atoms with E-state index in [1.54, 1.807) is 31.0 Å². The minimum absolute atomic E-state index is 0.119. The molecule has 1 heterocycles. The molecule has 2 rings (SSSR count). The van der Waals surface area contributed by atoms with E-state index < -0.39 is 28.8 Å². The van der Waals surface area contributed by atoms with E-state index in [9.17, 15) is 19.7 Å². The summed E-state index contributed by atoms with van der Waals surface area (Å²) in [5, 5.41) is 20.4. The van der Waals surface area contributed by atoms with Crippen molar-refractivity contribution in [3.63, 3.8) is 0 Å². The van der Waals surface area contributed by atoms with Crippen LogP contribution in [0.1, 0.15) is 25.3 Å². The molecular formula is C21H27N3O7S. The molecular weight excluding hydrogens is 438 g/mol. The van der Waals surface area contributed by atoms with Crippen molar-refractivity contribution in [1.29, 1.82) is 0 Å². The number of hydrogen-bond acceptors (Lipinski definition) is 10. The van der Waals surface area contributed by atoms with Crippen LogP contribution in [0.2, 0.25) is 0 Å². The molecule has 2 unspecified atom stereocenters. The highest BCUT2D eigenvalue weighted by molar-refractivity contribution is 7.99. The summed E-state index contributed by atoms with van der Waals surface area (Å²) >= 11 is 1.42. The van der Waals surface area contributed by atoms with Crippen LogP contribution in [0.5, 0.6) is 0 Å². The summed E-state index contributed by atoms with van der Waals surface area (Å²) in [7, 11) is 1.23. The number of rotatable bonds is 10. The van der Waals surface area contributed by atoms with Crippen LogP contribution >= 0.6 is 11.8 Å². The number of nitro benzene ring substituents is 1. The zero-order chi connectivity index (χ0) is 23.8. The van der Waals surface area contributed by atoms with Gasteiger partial charge in [0.15, 0.2) is 0 Å². The van der Waals surface area contributed by atoms with E-state index >= 15 is 0 Å². The van der Waals surface area contributed by atoms with Gasteiger partial charge in [-0.2, -0.15) is 0 Å². The highest BCUT2D eigenvalue weighted by atomic mass is 32.2. The molecule has 0 spiro atoms. The first-order valence-electron chi connectivity index (χ1n) is 9.88. The first-order chi connectivity index (χ1) is 15.2. The predicted octanol–water partition coefficient (Wildman–Crippen LogP) is 1.90. The number of aliphatic hydroxyl groups excluding tert-OH is 1. The van der Waals surface area contributed by atoms with Crippen molar-refractivity contribution in [2.24, 2.45) is 5.73 Å². The van der Waals surface area contributed by atoms with Crippen LogP contribution in [0.15, 0.2) is 47.3 Å². The van der Waals surface area contributed by atoms with Gasteiger partial charge in [-0.05, 0) is 19.4 Å². The number of nitrogens with zero attached hydrogens (tertiary/aromatic N) is 2. The molecule has 32 heavy (non-hydrogen) atoms. The lowest BCUT2D eigenvalue weighted by atomic mass is 9.81. The van der Waals surface area contributed by atoms with Gasteiger partial charge in [0, 0.05) is 35.8 Å². The summed E-state index contributed by atoms with van der Waals surface area (Å²) in [6.07, 6.45) is 1.58. The minimum atomic E-state index is -0.901. The lowest BCUT2D eigenvalue weighted by molar-refractivity contribution is -0.384. The summed E-state index contributed by atoms with van der Waals surface area (Å²) in [4.78, 5) is 38.1. The van der Waals surface area contributed by atoms with Gasteiger partial charge in [-0.15, -0.1) is 11.8 Å². The molecule has 0 aromatic heterocycles. The smallest absolute Gasteiger partial charge is 0.336 e. The fraction of sp³-hybridized carbons (Fsp3) is 0.429. The molecule has 3 N–H and O–H groups in total. The van der Waals surface area contributed by atoms with Gasteiger partial charge in [-0.25, -0.2) is 9.59 Å². The van der Waals surface area contributed by atoms with Crippen molar-refractivity contribution in [3.05, 3.63) is 63.0 Å². The normalized spacial score (nSPS) is 17.0. The number of carbonyl (C=O) groups excluding carboxylic acids is 2. The van der Waals surface area contributed by atoms with Crippen molar-refractivity contribution < 1.29 is 29.1 Å². The van der Waals surface area contributed by atoms with Crippen LogP contribution in [0.3, 0.4) is 0 Å². The zero-order valence-electron chi connectivity index (χ0n) is 18.1. The molecule has 1 aliphatic rings. The van der Waals surface area contributed by atoms with Crippen molar-refractivity contribution in [3.8, 4) is 0 Å². The third-order valence-corrected chi connectivity index (χ3v) is 5.97. The number of methoxy groups -OCH3 is 1. The lowest BCUT2D eigenvalue weighted by Crippen LogP contribution is -2.33. The molecule has 11 heteroatoms. The maximum Gasteiger partial charge on any atom is 0.336 e. The second-order valence-electron chi connectivity index (χ2n) is 6.99. The SMILES string of the molecule is CCOC(=O)C1=CN(CSCC(N)CO)C(C)=C(C(=O)OC)C1c1cccc([N+](=O)[O-])c1. The van der Waals surface area contributed by atoms with Crippen LogP contribution in [0, 0.1) is 10.1 Å². The Morgan fingerprint density at radius 3 is 2.69 bits per heavy atom. The highest BCUT2D eigenvalue weighted by Gasteiger charge is 2.38. The number of aliphatic hydroxyl groups is 1. The largest absolute Gasteiger partial charge is 0.466 e. The van der Waals surface area contributed by atoms with Gasteiger partial charge in [-0.3, -0.25) is 10.1 Å². The Kier molecular flexibility index (Phi) is 9.24. The Morgan fingerprint density at radius 2 is 2.09 bits per heavy atom. The summed E-state index contributed by atoms with van der Waals surface area (Å²) < 4.78 is 10.2. The minimum Gasteiger partial charge on any atom is -0.466 e. The monoisotopic (exact) mass is 465 g/mol. The topological polar surface area (TPSA) is 145 Å². The number of nitrogens with two attached hydrogens (primary N) is 1. The van der Waals surface area contributed by atoms with Crippen LogP contribution in [-0.2, 0) is 19.1 Å². The summed E-state index contributed by atoms with van der Waals surface area (Å²) in [5.74, 6) is -1.38. The maximum absolute atomic E-state index is 12.9. The first kappa shape index (κ1) is 25.4. The van der Waals surface area contributed by atoms with Crippen LogP contribution in [0.25, 0.3) is 0 Å². The Bertz CT molecular complexity index is 932. The maximum atomic E-state index is 12.9. The molecule has 0 aliphatic carbocycles. The van der Waals surface area contributed by atoms with Crippen molar-refractivity contribution in [1.82, 2.24) is 4.90 Å². The van der Waals surface area contributed by atoms with E-state index in [-0.39, 0.29) is 30.0 Å². The van der Waals surface area contributed by atoms with Gasteiger partial charge in [0.2, 0.25) is 0 Å². The van der Waals surface area contributed by atoms with Gasteiger partial charge in [0.1, 0.15) is 0 Å². The molecule has 1 aliphatic heterocycles. The molecule has 2 atom stereocenters. The van der Waals surface area contributed by atoms with Gasteiger partial charge in [0.05, 0.1) is 48.2 Å². The van der Waals surface area contributed by atoms with Crippen LogP contribution in [-0.4, -0.2) is 64.9 Å². The molecule has 1 aromatic carbocycles. The number of hydrogen-bond donors (Lipinski definition) is 2. The zero-order valence-corrected chi connectivity index (χ0v) is 19.0. The van der Waals surface area contributed by atoms with E-state index in [1.807, 2.05) is 0 Å². The number of allylic oxidation sites excluding steroid dienone is 1. The average Bonchev–Trinajstić information content (AvgIpc) is 2.79. The molecule has 0 saturated heterocycles. The summed E-state index contributed by atoms with van der Waals surface area (Å²) in [5.41, 5.74) is 6.86. The number of carbonyl (C=O) groups is 2. The van der Waals surface area contributed by atoms with Gasteiger partial charge >= 0.3 is 11.9 Å². The second kappa shape index (κ2) is 11.7. The van der Waals surface area contributed by atoms with E-state index in [0.29, 0.717) is 22.9 Å². The van der Waals surface area contributed by atoms with Crippen molar-refractivity contribution in [2.75, 3.05) is 32.0 Å². The number of nitro groups is 1. The second-order valence-corrected chi connectivity index (χ2v) is 7.99. The fourth-order valence-electron chi connectivity index (χ4n) is 3.27. The highest BCUT2D eigenvalue weighted by Crippen LogP contribution is 2.41. The van der Waals surface area contributed by atoms with Gasteiger partial charge in [0.25, 0.3) is 5.69 Å². The molecule has 0 saturated carbocycles. The molecule has 10 nitrogen and oxygen atoms in total. The Morgan fingerprint density at radius 1 is 1.38 bits per heavy atom. The number of ether oxygens (including phenoxy) is 2. The molecule has 174 valence electrons. The number of non-ortho nitro benzene ring substituents is 1. The van der Waals surface area contributed by atoms with Crippen molar-refractivity contribution in [2.45, 2.75) is 25.8 Å². The molecule has 1 aromatic rings. The van der Waals surface area contributed by atoms with E-state index in [1.165, 1.54) is 37.1 Å². The van der Waals surface area contributed by atoms with E-state index in [4.69, 9.17) is 20.3 Å². The van der Waals surface area contributed by atoms with Gasteiger partial charge < -0.3 is 25.2 Å². The van der Waals surface area contributed by atoms with E-state index in [2.05, 4.69) is 0 Å². The van der Waals surface area contributed by atoms with Crippen LogP contribution < -0.4 is 5.73 Å². The first-order valence-corrected chi connectivity index (χ1v) is 11.0. The molecule has 0 amide bonds. The molecule has 0 bridgehead atoms. The molecule has 0 fully saturated rings. The fourth-order valence-corrected chi connectivity index (χ4v) is 4.25. The third kappa shape index (κ3) is 5.87. The Balaban J connectivity index is 2.58. The van der Waals surface area contributed by atoms with Gasteiger partial charge in [-0.1, -0.05) is 12.1 Å². The Hall–Kier alpha value is -2.89. The quantitative estimate of drug-likeness (QED) is 0.298. The van der Waals surface area contributed by atoms with Crippen LogP contribution in [0.4, 0.5) is 5.69 Å². The number of esters is 2. The lowest BCUT2D eigenvalue weighted by Gasteiger charge is -2.34. The number of benzene rings is 1. The Labute approximate surface area is 190 Å². The average molecular weight is 466 g/mol. The summed E-state index contributed by atoms with van der Waals surface area (Å²) in [6.45, 7) is 3.33. The summed E-state index contributed by atoms with van der Waals surface area (Å²) in [6, 6.07) is 5.38.